The standard InChI is InChI=1S/C14H16N2O/c1-9(17-2)13-7-11-10-5-3-4-6-12(10)16-14(11)8-15-13/h3-6,13,15-16H,1,7-8H2,2H3. The number of benzene rings is 1. The molecule has 0 amide bonds. The normalized spacial score (nSPS) is 19.0. The second-order valence-electron chi connectivity index (χ2n) is 4.44. The number of ether oxygens (including phenoxy) is 1. The Bertz CT molecular complexity index is 571. The summed E-state index contributed by atoms with van der Waals surface area (Å²) in [7, 11) is 1.68. The Morgan fingerprint density at radius 1 is 1.41 bits per heavy atom. The number of methoxy groups -OCH3 is 1. The van der Waals surface area contributed by atoms with Crippen molar-refractivity contribution >= 4 is 10.9 Å². The van der Waals surface area contributed by atoms with Crippen LogP contribution in [0.25, 0.3) is 10.9 Å². The number of fused-ring (bicyclic) bond motifs is 3. The summed E-state index contributed by atoms with van der Waals surface area (Å²) in [6.45, 7) is 4.78. The van der Waals surface area contributed by atoms with E-state index in [2.05, 4.69) is 41.1 Å². The van der Waals surface area contributed by atoms with Crippen LogP contribution in [0.4, 0.5) is 0 Å². The van der Waals surface area contributed by atoms with E-state index in [1.165, 1.54) is 22.2 Å². The number of H-pyrrole nitrogens is 1. The molecule has 1 atom stereocenters. The number of rotatable bonds is 2. The first-order chi connectivity index (χ1) is 8.29. The van der Waals surface area contributed by atoms with Gasteiger partial charge in [0.15, 0.2) is 0 Å². The Morgan fingerprint density at radius 2 is 2.24 bits per heavy atom. The quantitative estimate of drug-likeness (QED) is 0.774. The number of aromatic nitrogens is 1. The van der Waals surface area contributed by atoms with E-state index in [-0.39, 0.29) is 6.04 Å². The average molecular weight is 228 g/mol. The molecule has 1 aliphatic rings. The van der Waals surface area contributed by atoms with Crippen molar-refractivity contribution in [1.29, 1.82) is 0 Å². The van der Waals surface area contributed by atoms with Gasteiger partial charge in [0.25, 0.3) is 0 Å². The van der Waals surface area contributed by atoms with Crippen molar-refractivity contribution in [3.05, 3.63) is 47.9 Å². The van der Waals surface area contributed by atoms with Crippen molar-refractivity contribution in [2.45, 2.75) is 19.0 Å². The Kier molecular flexibility index (Phi) is 2.41. The SMILES string of the molecule is C=C(OC)C1Cc2c([nH]c3ccccc23)CN1. The number of para-hydroxylation sites is 1. The third kappa shape index (κ3) is 1.63. The summed E-state index contributed by atoms with van der Waals surface area (Å²) in [6, 6.07) is 8.64. The first-order valence-electron chi connectivity index (χ1n) is 5.84. The number of hydrogen-bond acceptors (Lipinski definition) is 2. The van der Waals surface area contributed by atoms with Crippen LogP contribution in [0, 0.1) is 0 Å². The van der Waals surface area contributed by atoms with E-state index in [9.17, 15) is 0 Å². The molecular formula is C14H16N2O. The molecule has 0 saturated carbocycles. The van der Waals surface area contributed by atoms with E-state index in [0.717, 1.165) is 18.7 Å². The molecule has 0 radical (unpaired) electrons. The van der Waals surface area contributed by atoms with E-state index in [0.29, 0.717) is 0 Å². The lowest BCUT2D eigenvalue weighted by molar-refractivity contribution is 0.247. The molecule has 0 aliphatic carbocycles. The van der Waals surface area contributed by atoms with Crippen LogP contribution < -0.4 is 5.32 Å². The lowest BCUT2D eigenvalue weighted by atomic mass is 9.98. The van der Waals surface area contributed by atoms with Gasteiger partial charge in [-0.15, -0.1) is 0 Å². The van der Waals surface area contributed by atoms with Gasteiger partial charge in [-0.3, -0.25) is 0 Å². The number of hydrogen-bond donors (Lipinski definition) is 2. The Balaban J connectivity index is 2.03. The van der Waals surface area contributed by atoms with Gasteiger partial charge in [0.05, 0.1) is 13.2 Å². The van der Waals surface area contributed by atoms with E-state index in [4.69, 9.17) is 4.74 Å². The van der Waals surface area contributed by atoms with Crippen molar-refractivity contribution in [2.75, 3.05) is 7.11 Å². The summed E-state index contributed by atoms with van der Waals surface area (Å²) in [5.74, 6) is 0.806. The minimum atomic E-state index is 0.215. The minimum Gasteiger partial charge on any atom is -0.500 e. The molecule has 1 aromatic heterocycles. The fraction of sp³-hybridized carbons (Fsp3) is 0.286. The fourth-order valence-corrected chi connectivity index (χ4v) is 2.51. The van der Waals surface area contributed by atoms with Gasteiger partial charge in [-0.2, -0.15) is 0 Å². The molecule has 1 aromatic carbocycles. The van der Waals surface area contributed by atoms with Crippen molar-refractivity contribution < 1.29 is 4.74 Å². The highest BCUT2D eigenvalue weighted by Crippen LogP contribution is 2.27. The van der Waals surface area contributed by atoms with Crippen molar-refractivity contribution in [1.82, 2.24) is 10.3 Å². The molecule has 1 aliphatic heterocycles. The van der Waals surface area contributed by atoms with Gasteiger partial charge in [0, 0.05) is 23.1 Å². The van der Waals surface area contributed by atoms with Crippen molar-refractivity contribution in [3.63, 3.8) is 0 Å². The van der Waals surface area contributed by atoms with Crippen LogP contribution in [0.1, 0.15) is 11.3 Å². The molecule has 2 heterocycles. The van der Waals surface area contributed by atoms with Crippen LogP contribution in [0.3, 0.4) is 0 Å². The highest BCUT2D eigenvalue weighted by atomic mass is 16.5. The highest BCUT2D eigenvalue weighted by Gasteiger charge is 2.23. The maximum absolute atomic E-state index is 5.23. The monoisotopic (exact) mass is 228 g/mol. The molecule has 2 N–H and O–H groups in total. The summed E-state index contributed by atoms with van der Waals surface area (Å²) in [6.07, 6.45) is 0.937. The Labute approximate surface area is 100 Å². The van der Waals surface area contributed by atoms with Crippen LogP contribution in [-0.2, 0) is 17.7 Å². The average Bonchev–Trinajstić information content (AvgIpc) is 2.75. The predicted octanol–water partition coefficient (Wildman–Crippen LogP) is 2.34. The summed E-state index contributed by atoms with van der Waals surface area (Å²) in [5, 5.41) is 4.75. The van der Waals surface area contributed by atoms with Gasteiger partial charge in [-0.05, 0) is 18.1 Å². The van der Waals surface area contributed by atoms with Gasteiger partial charge in [-0.25, -0.2) is 0 Å². The van der Waals surface area contributed by atoms with Crippen LogP contribution >= 0.6 is 0 Å². The van der Waals surface area contributed by atoms with Crippen LogP contribution in [0.2, 0.25) is 0 Å². The van der Waals surface area contributed by atoms with E-state index in [1.54, 1.807) is 7.11 Å². The summed E-state index contributed by atoms with van der Waals surface area (Å²) in [5.41, 5.74) is 3.89. The molecule has 3 nitrogen and oxygen atoms in total. The second kappa shape index (κ2) is 3.93. The fourth-order valence-electron chi connectivity index (χ4n) is 2.51. The van der Waals surface area contributed by atoms with Gasteiger partial charge >= 0.3 is 0 Å². The topological polar surface area (TPSA) is 37.0 Å². The van der Waals surface area contributed by atoms with Gasteiger partial charge < -0.3 is 15.0 Å². The lowest BCUT2D eigenvalue weighted by Crippen LogP contribution is -2.37. The second-order valence-corrected chi connectivity index (χ2v) is 4.44. The molecule has 17 heavy (non-hydrogen) atoms. The molecular weight excluding hydrogens is 212 g/mol. The lowest BCUT2D eigenvalue weighted by Gasteiger charge is -2.24. The smallest absolute Gasteiger partial charge is 0.106 e. The van der Waals surface area contributed by atoms with Crippen LogP contribution in [0.15, 0.2) is 36.6 Å². The Hall–Kier alpha value is -1.74. The Morgan fingerprint density at radius 3 is 3.06 bits per heavy atom. The first kappa shape index (κ1) is 10.4. The van der Waals surface area contributed by atoms with Gasteiger partial charge in [-0.1, -0.05) is 24.8 Å². The van der Waals surface area contributed by atoms with Crippen molar-refractivity contribution in [2.24, 2.45) is 0 Å². The molecule has 1 unspecified atom stereocenters. The molecule has 0 saturated heterocycles. The predicted molar refractivity (Wildman–Crippen MR) is 68.8 cm³/mol. The van der Waals surface area contributed by atoms with E-state index in [1.807, 2.05) is 0 Å². The molecule has 0 fully saturated rings. The van der Waals surface area contributed by atoms with E-state index < -0.39 is 0 Å². The van der Waals surface area contributed by atoms with Crippen LogP contribution in [-0.4, -0.2) is 18.1 Å². The van der Waals surface area contributed by atoms with Crippen LogP contribution in [0.5, 0.6) is 0 Å². The zero-order valence-electron chi connectivity index (χ0n) is 9.92. The molecule has 2 aromatic rings. The number of nitrogens with one attached hydrogen (secondary N) is 2. The molecule has 88 valence electrons. The summed E-state index contributed by atoms with van der Waals surface area (Å²) < 4.78 is 5.23. The summed E-state index contributed by atoms with van der Waals surface area (Å²) >= 11 is 0. The maximum Gasteiger partial charge on any atom is 0.106 e. The highest BCUT2D eigenvalue weighted by molar-refractivity contribution is 5.85. The minimum absolute atomic E-state index is 0.215. The number of aromatic amines is 1. The third-order valence-corrected chi connectivity index (χ3v) is 3.49. The van der Waals surface area contributed by atoms with Gasteiger partial charge in [0.1, 0.15) is 5.76 Å². The van der Waals surface area contributed by atoms with Gasteiger partial charge in [0.2, 0.25) is 0 Å². The maximum atomic E-state index is 5.23. The first-order valence-corrected chi connectivity index (χ1v) is 5.84. The zero-order chi connectivity index (χ0) is 11.8. The molecule has 0 spiro atoms. The zero-order valence-corrected chi connectivity index (χ0v) is 9.92. The largest absolute Gasteiger partial charge is 0.500 e. The van der Waals surface area contributed by atoms with E-state index >= 15 is 0 Å². The third-order valence-electron chi connectivity index (χ3n) is 3.49. The van der Waals surface area contributed by atoms with Crippen molar-refractivity contribution in [3.8, 4) is 0 Å². The molecule has 3 heteroatoms. The molecule has 3 rings (SSSR count). The molecule has 0 bridgehead atoms. The summed E-state index contributed by atoms with van der Waals surface area (Å²) in [4.78, 5) is 3.46.